The molecule has 0 spiro atoms. The van der Waals surface area contributed by atoms with Crippen LogP contribution in [0.3, 0.4) is 0 Å². The van der Waals surface area contributed by atoms with Gasteiger partial charge in [0.05, 0.1) is 24.9 Å². The van der Waals surface area contributed by atoms with Crippen LogP contribution in [0.5, 0.6) is 11.5 Å². The van der Waals surface area contributed by atoms with Gasteiger partial charge in [-0.1, -0.05) is 0 Å². The molecule has 0 N–H and O–H groups in total. The summed E-state index contributed by atoms with van der Waals surface area (Å²) in [4.78, 5) is 2.61. The summed E-state index contributed by atoms with van der Waals surface area (Å²) in [7, 11) is 1.75. The van der Waals surface area contributed by atoms with E-state index in [2.05, 4.69) is 37.8 Å². The van der Waals surface area contributed by atoms with Gasteiger partial charge in [-0.3, -0.25) is 4.90 Å². The quantitative estimate of drug-likeness (QED) is 0.616. The van der Waals surface area contributed by atoms with E-state index in [1.54, 1.807) is 7.11 Å². The lowest BCUT2D eigenvalue weighted by Crippen LogP contribution is -2.47. The SMILES string of the molecule is COc1cc2c(cc1OC1CCC1)CCN1CC(OC(C)(C)C)CCC21.FC(F)F. The van der Waals surface area contributed by atoms with E-state index < -0.39 is 6.68 Å². The molecule has 1 saturated heterocycles. The molecule has 1 aliphatic carbocycles. The van der Waals surface area contributed by atoms with Crippen LogP contribution in [0.15, 0.2) is 12.1 Å². The zero-order chi connectivity index (χ0) is 21.9. The van der Waals surface area contributed by atoms with Crippen LogP contribution in [-0.2, 0) is 11.2 Å². The molecule has 2 fully saturated rings. The maximum atomic E-state index is 9.67. The predicted octanol–water partition coefficient (Wildman–Crippen LogP) is 5.68. The van der Waals surface area contributed by atoms with E-state index in [-0.39, 0.29) is 5.60 Å². The summed E-state index contributed by atoms with van der Waals surface area (Å²) >= 11 is 0. The lowest BCUT2D eigenvalue weighted by atomic mass is 9.85. The fourth-order valence-electron chi connectivity index (χ4n) is 4.53. The molecule has 2 aliphatic heterocycles. The van der Waals surface area contributed by atoms with E-state index in [0.29, 0.717) is 18.2 Å². The van der Waals surface area contributed by atoms with Crippen molar-refractivity contribution in [2.45, 2.75) is 89.8 Å². The molecule has 0 aromatic heterocycles. The van der Waals surface area contributed by atoms with Crippen LogP contribution in [0.25, 0.3) is 0 Å². The minimum atomic E-state index is -3.67. The molecule has 0 radical (unpaired) electrons. The first kappa shape index (κ1) is 23.2. The fraction of sp³-hybridized carbons (Fsp3) is 0.739. The Labute approximate surface area is 177 Å². The van der Waals surface area contributed by atoms with Crippen molar-refractivity contribution in [2.24, 2.45) is 0 Å². The average molecular weight is 430 g/mol. The van der Waals surface area contributed by atoms with Crippen molar-refractivity contribution < 1.29 is 27.4 Å². The van der Waals surface area contributed by atoms with Gasteiger partial charge in [-0.15, -0.1) is 0 Å². The number of hydrogen-bond donors (Lipinski definition) is 0. The van der Waals surface area contributed by atoms with Crippen LogP contribution in [0.2, 0.25) is 0 Å². The third-order valence-corrected chi connectivity index (χ3v) is 5.96. The van der Waals surface area contributed by atoms with Crippen molar-refractivity contribution in [3.63, 3.8) is 0 Å². The molecule has 1 aromatic carbocycles. The third kappa shape index (κ3) is 6.03. The lowest BCUT2D eigenvalue weighted by Gasteiger charge is -2.45. The first-order chi connectivity index (χ1) is 14.2. The fourth-order valence-corrected chi connectivity index (χ4v) is 4.53. The highest BCUT2D eigenvalue weighted by atomic mass is 19.4. The number of alkyl halides is 3. The summed E-state index contributed by atoms with van der Waals surface area (Å²) in [6.45, 7) is 4.93. The Morgan fingerprint density at radius 3 is 2.27 bits per heavy atom. The molecule has 2 unspecified atom stereocenters. The van der Waals surface area contributed by atoms with Crippen LogP contribution in [0, 0.1) is 0 Å². The van der Waals surface area contributed by atoms with Crippen LogP contribution in [-0.4, -0.2) is 49.6 Å². The summed E-state index contributed by atoms with van der Waals surface area (Å²) in [5.74, 6) is 1.83. The molecule has 4 rings (SSSR count). The normalized spacial score (nSPS) is 24.3. The maximum absolute atomic E-state index is 9.67. The van der Waals surface area contributed by atoms with E-state index in [1.165, 1.54) is 30.4 Å². The Morgan fingerprint density at radius 2 is 1.70 bits per heavy atom. The highest BCUT2D eigenvalue weighted by Crippen LogP contribution is 2.43. The molecular weight excluding hydrogens is 395 g/mol. The zero-order valence-corrected chi connectivity index (χ0v) is 18.4. The van der Waals surface area contributed by atoms with Crippen molar-refractivity contribution in [2.75, 3.05) is 20.2 Å². The summed E-state index contributed by atoms with van der Waals surface area (Å²) in [5.41, 5.74) is 2.81. The van der Waals surface area contributed by atoms with Gasteiger partial charge in [-0.25, -0.2) is 0 Å². The van der Waals surface area contributed by atoms with Crippen molar-refractivity contribution in [1.82, 2.24) is 4.90 Å². The summed E-state index contributed by atoms with van der Waals surface area (Å²) in [6, 6.07) is 4.98. The van der Waals surface area contributed by atoms with Gasteiger partial charge in [0.25, 0.3) is 0 Å². The maximum Gasteiger partial charge on any atom is 0.379 e. The lowest BCUT2D eigenvalue weighted by molar-refractivity contribution is -0.0971. The summed E-state index contributed by atoms with van der Waals surface area (Å²) in [6.07, 6.45) is 7.71. The van der Waals surface area contributed by atoms with Crippen LogP contribution < -0.4 is 9.47 Å². The molecule has 0 amide bonds. The minimum Gasteiger partial charge on any atom is -0.493 e. The molecule has 170 valence electrons. The number of rotatable bonds is 4. The molecule has 4 nitrogen and oxygen atoms in total. The number of fused-ring (bicyclic) bond motifs is 3. The van der Waals surface area contributed by atoms with E-state index in [9.17, 15) is 13.2 Å². The number of hydrogen-bond acceptors (Lipinski definition) is 4. The average Bonchev–Trinajstić information content (AvgIpc) is 2.61. The molecule has 1 saturated carbocycles. The summed E-state index contributed by atoms with van der Waals surface area (Å²) < 4.78 is 47.1. The van der Waals surface area contributed by atoms with E-state index in [0.717, 1.165) is 43.9 Å². The van der Waals surface area contributed by atoms with Gasteiger partial charge < -0.3 is 14.2 Å². The molecule has 0 bridgehead atoms. The van der Waals surface area contributed by atoms with Gasteiger partial charge >= 0.3 is 6.68 Å². The van der Waals surface area contributed by atoms with Crippen molar-refractivity contribution in [1.29, 1.82) is 0 Å². The third-order valence-electron chi connectivity index (χ3n) is 5.96. The second-order valence-electron chi connectivity index (χ2n) is 9.31. The van der Waals surface area contributed by atoms with Gasteiger partial charge in [-0.2, -0.15) is 13.2 Å². The first-order valence-corrected chi connectivity index (χ1v) is 10.9. The number of ether oxygens (including phenoxy) is 3. The van der Waals surface area contributed by atoms with Crippen LogP contribution in [0.1, 0.15) is 70.0 Å². The van der Waals surface area contributed by atoms with E-state index in [4.69, 9.17) is 14.2 Å². The zero-order valence-electron chi connectivity index (χ0n) is 18.4. The molecule has 3 aliphatic rings. The predicted molar refractivity (Wildman–Crippen MR) is 110 cm³/mol. The Balaban J connectivity index is 0.000000589. The second-order valence-corrected chi connectivity index (χ2v) is 9.31. The molecule has 30 heavy (non-hydrogen) atoms. The molecular formula is C23H34F3NO3. The summed E-state index contributed by atoms with van der Waals surface area (Å²) in [5, 5.41) is 0. The molecule has 2 atom stereocenters. The molecule has 1 aromatic rings. The first-order valence-electron chi connectivity index (χ1n) is 10.9. The largest absolute Gasteiger partial charge is 0.493 e. The highest BCUT2D eigenvalue weighted by molar-refractivity contribution is 5.49. The van der Waals surface area contributed by atoms with Gasteiger partial charge in [0, 0.05) is 19.1 Å². The number of halogens is 3. The van der Waals surface area contributed by atoms with Gasteiger partial charge in [0.15, 0.2) is 11.5 Å². The number of nitrogens with zero attached hydrogens (tertiary/aromatic N) is 1. The molecule has 2 heterocycles. The topological polar surface area (TPSA) is 30.9 Å². The van der Waals surface area contributed by atoms with E-state index >= 15 is 0 Å². The number of benzene rings is 1. The van der Waals surface area contributed by atoms with Gasteiger partial charge in [-0.05, 0) is 82.6 Å². The van der Waals surface area contributed by atoms with Crippen molar-refractivity contribution in [3.05, 3.63) is 23.3 Å². The Morgan fingerprint density at radius 1 is 1.00 bits per heavy atom. The van der Waals surface area contributed by atoms with Crippen LogP contribution in [0.4, 0.5) is 13.2 Å². The molecule has 7 heteroatoms. The second kappa shape index (κ2) is 9.77. The van der Waals surface area contributed by atoms with Crippen molar-refractivity contribution >= 4 is 0 Å². The smallest absolute Gasteiger partial charge is 0.379 e. The highest BCUT2D eigenvalue weighted by Gasteiger charge is 2.36. The Kier molecular flexibility index (Phi) is 7.56. The number of methoxy groups -OCH3 is 1. The monoisotopic (exact) mass is 429 g/mol. The number of piperidine rings is 1. The standard InChI is InChI=1S/C22H33NO3.CHF3/c1-22(2,3)26-17-8-9-19-18-13-20(24-4)21(25-16-6-5-7-16)12-15(18)10-11-23(19)14-17;2-1(3)4/h12-13,16-17,19H,5-11,14H2,1-4H3;1H. The van der Waals surface area contributed by atoms with E-state index in [1.807, 2.05) is 0 Å². The Hall–Kier alpha value is -1.47. The van der Waals surface area contributed by atoms with Gasteiger partial charge in [0.1, 0.15) is 0 Å². The van der Waals surface area contributed by atoms with Crippen molar-refractivity contribution in [3.8, 4) is 11.5 Å². The minimum absolute atomic E-state index is 0.0673. The van der Waals surface area contributed by atoms with Crippen LogP contribution >= 0.6 is 0 Å². The Bertz CT molecular complexity index is 701. The van der Waals surface area contributed by atoms with Gasteiger partial charge in [0.2, 0.25) is 0 Å².